The first-order valence-corrected chi connectivity index (χ1v) is 8.78. The van der Waals surface area contributed by atoms with Crippen molar-refractivity contribution in [3.05, 3.63) is 64.2 Å². The Morgan fingerprint density at radius 2 is 1.89 bits per heavy atom. The van der Waals surface area contributed by atoms with E-state index in [1.54, 1.807) is 26.5 Å². The zero-order valence-corrected chi connectivity index (χ0v) is 16.9. The Morgan fingerprint density at radius 3 is 2.50 bits per heavy atom. The molecule has 146 valence electrons. The number of methoxy groups -OCH3 is 1. The second-order valence-electron chi connectivity index (χ2n) is 6.29. The van der Waals surface area contributed by atoms with Crippen LogP contribution in [0.4, 0.5) is 0 Å². The zero-order chi connectivity index (χ0) is 20.7. The zero-order valence-electron chi connectivity index (χ0n) is 16.9. The highest BCUT2D eigenvalue weighted by molar-refractivity contribution is 6.00. The van der Waals surface area contributed by atoms with Crippen LogP contribution in [-0.2, 0) is 11.3 Å². The lowest BCUT2D eigenvalue weighted by Crippen LogP contribution is -2.10. The molecule has 6 nitrogen and oxygen atoms in total. The minimum Gasteiger partial charge on any atom is -0.488 e. The summed E-state index contributed by atoms with van der Waals surface area (Å²) in [5.74, 6) is 1.74. The van der Waals surface area contributed by atoms with Crippen molar-refractivity contribution in [2.75, 3.05) is 14.2 Å². The Balaban J connectivity index is 2.25. The van der Waals surface area contributed by atoms with Crippen LogP contribution in [0.3, 0.4) is 0 Å². The molecule has 0 saturated carbocycles. The van der Waals surface area contributed by atoms with E-state index in [1.165, 1.54) is 0 Å². The third-order valence-electron chi connectivity index (χ3n) is 4.50. The number of nitrogens with zero attached hydrogens (tertiary/aromatic N) is 2. The van der Waals surface area contributed by atoms with Gasteiger partial charge in [0.2, 0.25) is 5.90 Å². The van der Waals surface area contributed by atoms with Crippen molar-refractivity contribution in [2.45, 2.75) is 27.4 Å². The fourth-order valence-corrected chi connectivity index (χ4v) is 2.88. The van der Waals surface area contributed by atoms with E-state index < -0.39 is 0 Å². The van der Waals surface area contributed by atoms with Gasteiger partial charge in [0.25, 0.3) is 6.26 Å². The molecule has 0 bridgehead atoms. The van der Waals surface area contributed by atoms with Crippen LogP contribution in [0.15, 0.2) is 47.0 Å². The molecule has 0 radical (unpaired) electrons. The van der Waals surface area contributed by atoms with Gasteiger partial charge in [-0.1, -0.05) is 12.1 Å². The van der Waals surface area contributed by atoms with Gasteiger partial charge in [-0.15, -0.1) is 5.26 Å². The van der Waals surface area contributed by atoms with Crippen molar-refractivity contribution in [3.63, 3.8) is 0 Å². The van der Waals surface area contributed by atoms with Crippen LogP contribution in [0, 0.1) is 25.4 Å². The molecule has 0 aliphatic heterocycles. The first-order chi connectivity index (χ1) is 13.4. The topological polar surface area (TPSA) is 89.9 Å². The van der Waals surface area contributed by atoms with Gasteiger partial charge in [0.05, 0.1) is 7.11 Å². The maximum atomic E-state index is 8.82. The number of hydrogen-bond acceptors (Lipinski definition) is 6. The third-order valence-corrected chi connectivity index (χ3v) is 4.50. The van der Waals surface area contributed by atoms with Crippen LogP contribution < -0.4 is 15.2 Å². The summed E-state index contributed by atoms with van der Waals surface area (Å²) < 4.78 is 16.3. The summed E-state index contributed by atoms with van der Waals surface area (Å²) in [6.45, 7) is 6.08. The lowest BCUT2D eigenvalue weighted by molar-refractivity contribution is 0.298. The molecule has 0 aromatic heterocycles. The molecule has 2 rings (SSSR count). The van der Waals surface area contributed by atoms with Gasteiger partial charge in [-0.25, -0.2) is 0 Å². The molecule has 0 saturated heterocycles. The molecule has 2 N–H and O–H groups in total. The number of rotatable bonds is 6. The van der Waals surface area contributed by atoms with E-state index in [0.29, 0.717) is 24.0 Å². The molecule has 0 unspecified atom stereocenters. The highest BCUT2D eigenvalue weighted by Gasteiger charge is 2.12. The monoisotopic (exact) mass is 379 g/mol. The number of hydrogen-bond donors (Lipinski definition) is 1. The summed E-state index contributed by atoms with van der Waals surface area (Å²) in [6.07, 6.45) is 1.72. The van der Waals surface area contributed by atoms with Crippen LogP contribution in [-0.4, -0.2) is 20.1 Å². The number of aryl methyl sites for hydroxylation is 2. The fraction of sp³-hybridized carbons (Fsp3) is 0.273. The molecule has 28 heavy (non-hydrogen) atoms. The van der Waals surface area contributed by atoms with E-state index in [9.17, 15) is 0 Å². The van der Waals surface area contributed by atoms with Gasteiger partial charge in [0.15, 0.2) is 0 Å². The molecule has 2 aromatic carbocycles. The van der Waals surface area contributed by atoms with Gasteiger partial charge >= 0.3 is 0 Å². The number of nitriles is 1. The van der Waals surface area contributed by atoms with Crippen LogP contribution in [0.2, 0.25) is 0 Å². The van der Waals surface area contributed by atoms with E-state index in [0.717, 1.165) is 33.6 Å². The summed E-state index contributed by atoms with van der Waals surface area (Å²) in [4.78, 5) is 4.08. The SMILES string of the molecule is CN=C(OC)C(C)=C(N)c1ccc(OCc2c(C)cccc2OC#N)c(C)c1. The Morgan fingerprint density at radius 1 is 1.14 bits per heavy atom. The van der Waals surface area contributed by atoms with Gasteiger partial charge in [0, 0.05) is 23.9 Å². The minimum atomic E-state index is 0.296. The highest BCUT2D eigenvalue weighted by atomic mass is 16.5. The van der Waals surface area contributed by atoms with Crippen molar-refractivity contribution < 1.29 is 14.2 Å². The molecule has 0 amide bonds. The van der Waals surface area contributed by atoms with Gasteiger partial charge in [0.1, 0.15) is 18.1 Å². The van der Waals surface area contributed by atoms with Crippen molar-refractivity contribution >= 4 is 11.6 Å². The smallest absolute Gasteiger partial charge is 0.292 e. The van der Waals surface area contributed by atoms with E-state index in [4.69, 9.17) is 25.2 Å². The van der Waals surface area contributed by atoms with E-state index in [-0.39, 0.29) is 0 Å². The summed E-state index contributed by atoms with van der Waals surface area (Å²) in [7, 11) is 3.23. The average molecular weight is 379 g/mol. The summed E-state index contributed by atoms with van der Waals surface area (Å²) >= 11 is 0. The van der Waals surface area contributed by atoms with Crippen LogP contribution >= 0.6 is 0 Å². The van der Waals surface area contributed by atoms with Gasteiger partial charge in [-0.3, -0.25) is 4.99 Å². The Hall–Kier alpha value is -3.46. The molecule has 0 spiro atoms. The van der Waals surface area contributed by atoms with E-state index in [1.807, 2.05) is 51.1 Å². The van der Waals surface area contributed by atoms with E-state index in [2.05, 4.69) is 4.99 Å². The molecule has 0 fully saturated rings. The maximum absolute atomic E-state index is 8.82. The van der Waals surface area contributed by atoms with Crippen molar-refractivity contribution in [2.24, 2.45) is 10.7 Å². The molecule has 6 heteroatoms. The van der Waals surface area contributed by atoms with Gasteiger partial charge < -0.3 is 19.9 Å². The molecule has 0 aliphatic carbocycles. The lowest BCUT2D eigenvalue weighted by Gasteiger charge is -2.15. The first kappa shape index (κ1) is 20.8. The molecule has 0 heterocycles. The summed E-state index contributed by atoms with van der Waals surface area (Å²) in [5, 5.41) is 8.82. The maximum Gasteiger partial charge on any atom is 0.292 e. The molecule has 2 aromatic rings. The minimum absolute atomic E-state index is 0.296. The van der Waals surface area contributed by atoms with Crippen molar-refractivity contribution in [1.29, 1.82) is 5.26 Å². The summed E-state index contributed by atoms with van der Waals surface area (Å²) in [6, 6.07) is 11.3. The second kappa shape index (κ2) is 9.47. The van der Waals surface area contributed by atoms with E-state index >= 15 is 0 Å². The van der Waals surface area contributed by atoms with Gasteiger partial charge in [-0.05, 0) is 61.7 Å². The largest absolute Gasteiger partial charge is 0.488 e. The highest BCUT2D eigenvalue weighted by Crippen LogP contribution is 2.27. The quantitative estimate of drug-likeness (QED) is 0.463. The van der Waals surface area contributed by atoms with Gasteiger partial charge in [-0.2, -0.15) is 0 Å². The number of benzene rings is 2. The normalized spacial score (nSPS) is 12.1. The Labute approximate surface area is 165 Å². The number of ether oxygens (including phenoxy) is 3. The molecule has 0 atom stereocenters. The third kappa shape index (κ3) is 4.63. The van der Waals surface area contributed by atoms with Crippen molar-refractivity contribution in [1.82, 2.24) is 0 Å². The Kier molecular flexibility index (Phi) is 7.05. The fourth-order valence-electron chi connectivity index (χ4n) is 2.88. The molecular formula is C22H25N3O3. The average Bonchev–Trinajstić information content (AvgIpc) is 2.69. The van der Waals surface area contributed by atoms with Crippen molar-refractivity contribution in [3.8, 4) is 17.8 Å². The standard InChI is InChI=1S/C22H25N3O3/c1-14-7-6-8-20(28-13-23)18(14)12-27-19-10-9-17(11-15(19)2)21(24)16(3)22(25-4)26-5/h6-11H,12,24H2,1-5H3. The molecular weight excluding hydrogens is 354 g/mol. The Bertz CT molecular complexity index is 956. The van der Waals surface area contributed by atoms with Crippen LogP contribution in [0.5, 0.6) is 11.5 Å². The predicted molar refractivity (Wildman–Crippen MR) is 110 cm³/mol. The molecule has 0 aliphatic rings. The van der Waals surface area contributed by atoms with Crippen LogP contribution in [0.25, 0.3) is 5.70 Å². The number of nitrogens with two attached hydrogens (primary N) is 1. The predicted octanol–water partition coefficient (Wildman–Crippen LogP) is 4.11. The van der Waals surface area contributed by atoms with Crippen LogP contribution in [0.1, 0.15) is 29.2 Å². The first-order valence-electron chi connectivity index (χ1n) is 8.78. The lowest BCUT2D eigenvalue weighted by atomic mass is 10.0. The number of aliphatic imine (C=N–C) groups is 1. The summed E-state index contributed by atoms with van der Waals surface area (Å²) in [5.41, 5.74) is 11.3. The second-order valence-corrected chi connectivity index (χ2v) is 6.29.